The van der Waals surface area contributed by atoms with Crippen molar-refractivity contribution in [1.82, 2.24) is 20.4 Å². The molecule has 3 rings (SSSR count). The Morgan fingerprint density at radius 1 is 1.47 bits per heavy atom. The lowest BCUT2D eigenvalue weighted by Crippen LogP contribution is -2.39. The standard InChI is InChI=1S/C12H15N5O2/c13-14-12(18)11-6-5-8(19-11)7-17-10-4-2-1-3-9(10)15-16-17/h1-4,8,11H,5-7,13H2,(H,14,18). The molecule has 2 unspecified atom stereocenters. The van der Waals surface area contributed by atoms with Gasteiger partial charge in [0.1, 0.15) is 11.6 Å². The van der Waals surface area contributed by atoms with E-state index in [0.29, 0.717) is 13.0 Å². The second kappa shape index (κ2) is 4.94. The van der Waals surface area contributed by atoms with Crippen LogP contribution in [0.1, 0.15) is 12.8 Å². The number of hydrogen-bond donors (Lipinski definition) is 2. The van der Waals surface area contributed by atoms with Gasteiger partial charge in [-0.3, -0.25) is 10.2 Å². The number of nitrogens with zero attached hydrogens (tertiary/aromatic N) is 3. The molecule has 1 saturated heterocycles. The van der Waals surface area contributed by atoms with Gasteiger partial charge in [-0.2, -0.15) is 0 Å². The largest absolute Gasteiger partial charge is 0.363 e. The minimum atomic E-state index is -0.454. The van der Waals surface area contributed by atoms with E-state index in [0.717, 1.165) is 17.5 Å². The lowest BCUT2D eigenvalue weighted by Gasteiger charge is -2.12. The average Bonchev–Trinajstić information content (AvgIpc) is 3.06. The Bertz CT molecular complexity index is 597. The smallest absolute Gasteiger partial charge is 0.263 e. The van der Waals surface area contributed by atoms with Crippen molar-refractivity contribution in [1.29, 1.82) is 0 Å². The monoisotopic (exact) mass is 261 g/mol. The second-order valence-corrected chi connectivity index (χ2v) is 4.59. The van der Waals surface area contributed by atoms with Crippen LogP contribution in [0.15, 0.2) is 24.3 Å². The zero-order valence-corrected chi connectivity index (χ0v) is 10.3. The van der Waals surface area contributed by atoms with Gasteiger partial charge in [-0.25, -0.2) is 10.5 Å². The summed E-state index contributed by atoms with van der Waals surface area (Å²) in [5.74, 6) is 4.83. The van der Waals surface area contributed by atoms with Crippen molar-refractivity contribution in [2.24, 2.45) is 5.84 Å². The van der Waals surface area contributed by atoms with Crippen molar-refractivity contribution in [2.45, 2.75) is 31.6 Å². The van der Waals surface area contributed by atoms with Gasteiger partial charge in [0.05, 0.1) is 18.2 Å². The molecule has 19 heavy (non-hydrogen) atoms. The van der Waals surface area contributed by atoms with Crippen LogP contribution in [-0.4, -0.2) is 33.1 Å². The first-order valence-corrected chi connectivity index (χ1v) is 6.22. The zero-order chi connectivity index (χ0) is 13.2. The van der Waals surface area contributed by atoms with Crippen LogP contribution in [0.25, 0.3) is 11.0 Å². The number of para-hydroxylation sites is 1. The highest BCUT2D eigenvalue weighted by Gasteiger charge is 2.30. The van der Waals surface area contributed by atoms with Crippen LogP contribution in [0.5, 0.6) is 0 Å². The van der Waals surface area contributed by atoms with Crippen molar-refractivity contribution in [3.63, 3.8) is 0 Å². The fourth-order valence-electron chi connectivity index (χ4n) is 2.37. The van der Waals surface area contributed by atoms with Gasteiger partial charge in [0.2, 0.25) is 0 Å². The fourth-order valence-corrected chi connectivity index (χ4v) is 2.37. The first-order valence-electron chi connectivity index (χ1n) is 6.22. The molecule has 1 amide bonds. The maximum absolute atomic E-state index is 11.4. The summed E-state index contributed by atoms with van der Waals surface area (Å²) >= 11 is 0. The van der Waals surface area contributed by atoms with Crippen LogP contribution in [0.3, 0.4) is 0 Å². The first-order chi connectivity index (χ1) is 9.28. The number of amides is 1. The summed E-state index contributed by atoms with van der Waals surface area (Å²) in [6.45, 7) is 0.592. The maximum Gasteiger partial charge on any atom is 0.263 e. The number of hydrogen-bond acceptors (Lipinski definition) is 5. The Kier molecular flexibility index (Phi) is 3.14. The van der Waals surface area contributed by atoms with E-state index in [1.165, 1.54) is 0 Å². The summed E-state index contributed by atoms with van der Waals surface area (Å²) in [5.41, 5.74) is 3.95. The first kappa shape index (κ1) is 12.1. The molecule has 1 aromatic heterocycles. The van der Waals surface area contributed by atoms with Crippen LogP contribution < -0.4 is 11.3 Å². The third-order valence-electron chi connectivity index (χ3n) is 3.34. The average molecular weight is 261 g/mol. The van der Waals surface area contributed by atoms with E-state index in [2.05, 4.69) is 15.7 Å². The van der Waals surface area contributed by atoms with Crippen LogP contribution in [0.2, 0.25) is 0 Å². The molecule has 0 aliphatic carbocycles. The van der Waals surface area contributed by atoms with Gasteiger partial charge >= 0.3 is 0 Å². The van der Waals surface area contributed by atoms with Crippen LogP contribution >= 0.6 is 0 Å². The highest BCUT2D eigenvalue weighted by molar-refractivity contribution is 5.80. The molecule has 0 bridgehead atoms. The summed E-state index contributed by atoms with van der Waals surface area (Å²) in [7, 11) is 0. The molecule has 1 aromatic carbocycles. The summed E-state index contributed by atoms with van der Waals surface area (Å²) in [6.07, 6.45) is 1.00. The molecule has 2 heterocycles. The molecule has 0 radical (unpaired) electrons. The van der Waals surface area contributed by atoms with E-state index in [1.807, 2.05) is 28.9 Å². The third-order valence-corrected chi connectivity index (χ3v) is 3.34. The molecule has 1 aliphatic heterocycles. The second-order valence-electron chi connectivity index (χ2n) is 4.59. The summed E-state index contributed by atoms with van der Waals surface area (Å²) in [5, 5.41) is 8.20. The van der Waals surface area contributed by atoms with Crippen LogP contribution in [-0.2, 0) is 16.1 Å². The third kappa shape index (κ3) is 2.29. The van der Waals surface area contributed by atoms with E-state index in [-0.39, 0.29) is 12.0 Å². The number of ether oxygens (including phenoxy) is 1. The lowest BCUT2D eigenvalue weighted by atomic mass is 10.2. The van der Waals surface area contributed by atoms with Gasteiger partial charge in [0, 0.05) is 0 Å². The molecule has 7 heteroatoms. The Hall–Kier alpha value is -1.99. The molecular weight excluding hydrogens is 246 g/mol. The highest BCUT2D eigenvalue weighted by Crippen LogP contribution is 2.22. The van der Waals surface area contributed by atoms with Gasteiger partial charge in [-0.05, 0) is 25.0 Å². The number of nitrogens with two attached hydrogens (primary N) is 1. The van der Waals surface area contributed by atoms with Gasteiger partial charge in [0.15, 0.2) is 0 Å². The number of aromatic nitrogens is 3. The van der Waals surface area contributed by atoms with Crippen molar-refractivity contribution in [2.75, 3.05) is 0 Å². The number of hydrazine groups is 1. The molecule has 0 spiro atoms. The number of benzene rings is 1. The normalized spacial score (nSPS) is 22.8. The van der Waals surface area contributed by atoms with E-state index in [9.17, 15) is 4.79 Å². The van der Waals surface area contributed by atoms with Crippen molar-refractivity contribution in [3.8, 4) is 0 Å². The molecule has 7 nitrogen and oxygen atoms in total. The predicted octanol–water partition coefficient (Wildman–Crippen LogP) is -0.0312. The van der Waals surface area contributed by atoms with Crippen LogP contribution in [0.4, 0.5) is 0 Å². The molecule has 1 aliphatic rings. The minimum Gasteiger partial charge on any atom is -0.363 e. The zero-order valence-electron chi connectivity index (χ0n) is 10.3. The minimum absolute atomic E-state index is 0.0348. The van der Waals surface area contributed by atoms with Gasteiger partial charge in [0.25, 0.3) is 5.91 Å². The molecular formula is C12H15N5O2. The molecule has 2 aromatic rings. The molecule has 2 atom stereocenters. The number of fused-ring (bicyclic) bond motifs is 1. The van der Waals surface area contributed by atoms with Gasteiger partial charge in [-0.15, -0.1) is 5.10 Å². The highest BCUT2D eigenvalue weighted by atomic mass is 16.5. The molecule has 3 N–H and O–H groups in total. The van der Waals surface area contributed by atoms with E-state index >= 15 is 0 Å². The van der Waals surface area contributed by atoms with E-state index in [4.69, 9.17) is 10.6 Å². The van der Waals surface area contributed by atoms with Crippen molar-refractivity contribution >= 4 is 16.9 Å². The summed E-state index contributed by atoms with van der Waals surface area (Å²) < 4.78 is 7.46. The summed E-state index contributed by atoms with van der Waals surface area (Å²) in [6, 6.07) is 7.75. The number of carbonyl (C=O) groups is 1. The van der Waals surface area contributed by atoms with Gasteiger partial charge < -0.3 is 4.74 Å². The van der Waals surface area contributed by atoms with Crippen molar-refractivity contribution < 1.29 is 9.53 Å². The summed E-state index contributed by atoms with van der Waals surface area (Å²) in [4.78, 5) is 11.4. The van der Waals surface area contributed by atoms with E-state index in [1.54, 1.807) is 0 Å². The molecule has 100 valence electrons. The lowest BCUT2D eigenvalue weighted by molar-refractivity contribution is -0.132. The SMILES string of the molecule is NNC(=O)C1CCC(Cn2nnc3ccccc32)O1. The Labute approximate surface area is 109 Å². The topological polar surface area (TPSA) is 95.1 Å². The Morgan fingerprint density at radius 2 is 2.32 bits per heavy atom. The quantitative estimate of drug-likeness (QED) is 0.459. The van der Waals surface area contributed by atoms with Gasteiger partial charge in [-0.1, -0.05) is 17.3 Å². The molecule has 0 saturated carbocycles. The number of rotatable bonds is 3. The van der Waals surface area contributed by atoms with Crippen molar-refractivity contribution in [3.05, 3.63) is 24.3 Å². The number of nitrogens with one attached hydrogen (secondary N) is 1. The predicted molar refractivity (Wildman–Crippen MR) is 67.8 cm³/mol. The maximum atomic E-state index is 11.4. The number of carbonyl (C=O) groups excluding carboxylic acids is 1. The van der Waals surface area contributed by atoms with Crippen LogP contribution in [0, 0.1) is 0 Å². The fraction of sp³-hybridized carbons (Fsp3) is 0.417. The Balaban J connectivity index is 1.71. The molecule has 1 fully saturated rings. The Morgan fingerprint density at radius 3 is 3.16 bits per heavy atom. The van der Waals surface area contributed by atoms with E-state index < -0.39 is 6.10 Å².